The van der Waals surface area contributed by atoms with E-state index in [9.17, 15) is 13.2 Å². The van der Waals surface area contributed by atoms with Gasteiger partial charge in [-0.25, -0.2) is 8.42 Å². The molecule has 2 aliphatic heterocycles. The Kier molecular flexibility index (Phi) is 6.65. The molecule has 1 aromatic carbocycles. The van der Waals surface area contributed by atoms with Crippen LogP contribution in [0.1, 0.15) is 26.2 Å². The van der Waals surface area contributed by atoms with Crippen molar-refractivity contribution in [1.29, 1.82) is 0 Å². The van der Waals surface area contributed by atoms with Gasteiger partial charge in [0.1, 0.15) is 0 Å². The Bertz CT molecular complexity index is 822. The summed E-state index contributed by atoms with van der Waals surface area (Å²) < 4.78 is 24.0. The van der Waals surface area contributed by atoms with E-state index in [4.69, 9.17) is 0 Å². The first-order valence-electron chi connectivity index (χ1n) is 11.3. The average molecular weight is 435 g/mol. The highest BCUT2D eigenvalue weighted by molar-refractivity contribution is 7.91. The molecular weight excluding hydrogens is 400 g/mol. The van der Waals surface area contributed by atoms with E-state index in [2.05, 4.69) is 14.7 Å². The summed E-state index contributed by atoms with van der Waals surface area (Å²) in [6, 6.07) is 7.96. The van der Waals surface area contributed by atoms with E-state index in [1.54, 1.807) is 19.1 Å². The maximum absolute atomic E-state index is 12.7. The Labute approximate surface area is 180 Å². The zero-order valence-corrected chi connectivity index (χ0v) is 18.8. The van der Waals surface area contributed by atoms with E-state index in [1.807, 2.05) is 17.0 Å². The molecule has 0 spiro atoms. The fraction of sp³-hybridized carbons (Fsp3) is 0.682. The van der Waals surface area contributed by atoms with Crippen LogP contribution in [0.2, 0.25) is 0 Å². The lowest BCUT2D eigenvalue weighted by molar-refractivity contribution is -0.134. The van der Waals surface area contributed by atoms with Crippen LogP contribution in [0.3, 0.4) is 0 Å². The molecule has 7 nitrogen and oxygen atoms in total. The average Bonchev–Trinajstić information content (AvgIpc) is 2.74. The number of nitrogens with zero attached hydrogens (tertiary/aromatic N) is 4. The maximum atomic E-state index is 12.7. The quantitative estimate of drug-likeness (QED) is 0.673. The molecule has 30 heavy (non-hydrogen) atoms. The summed E-state index contributed by atoms with van der Waals surface area (Å²) in [5, 5.41) is 0. The third-order valence-corrected chi connectivity index (χ3v) is 8.68. The van der Waals surface area contributed by atoms with Crippen LogP contribution in [-0.4, -0.2) is 99.7 Å². The molecule has 0 atom stereocenters. The van der Waals surface area contributed by atoms with Crippen molar-refractivity contribution in [3.63, 3.8) is 0 Å². The molecule has 3 aliphatic rings. The first kappa shape index (κ1) is 21.6. The van der Waals surface area contributed by atoms with Crippen LogP contribution in [0.15, 0.2) is 29.2 Å². The minimum absolute atomic E-state index is 0.120. The molecule has 0 aromatic heterocycles. The number of anilines is 1. The van der Waals surface area contributed by atoms with Gasteiger partial charge < -0.3 is 9.80 Å². The lowest BCUT2D eigenvalue weighted by atomic mass is 9.91. The predicted octanol–water partition coefficient (Wildman–Crippen LogP) is 1.30. The second kappa shape index (κ2) is 9.24. The number of piperazine rings is 2. The van der Waals surface area contributed by atoms with Crippen molar-refractivity contribution in [3.05, 3.63) is 24.3 Å². The Balaban J connectivity index is 1.22. The highest BCUT2D eigenvalue weighted by Crippen LogP contribution is 2.25. The largest absolute Gasteiger partial charge is 0.369 e. The van der Waals surface area contributed by atoms with Gasteiger partial charge in [-0.15, -0.1) is 0 Å². The van der Waals surface area contributed by atoms with E-state index >= 15 is 0 Å². The number of carbonyl (C=O) groups is 1. The Morgan fingerprint density at radius 2 is 1.57 bits per heavy atom. The van der Waals surface area contributed by atoms with E-state index < -0.39 is 9.84 Å². The highest BCUT2D eigenvalue weighted by atomic mass is 32.2. The van der Waals surface area contributed by atoms with Gasteiger partial charge in [-0.1, -0.05) is 13.3 Å². The Hall–Kier alpha value is -1.64. The SMILES string of the molecule is CCS(=O)(=O)c1ccc(N2CCN(CC(=O)N3CCN(C4CCC4)CC3)CC2)cc1. The minimum atomic E-state index is -3.16. The molecule has 0 unspecified atom stereocenters. The van der Waals surface area contributed by atoms with Gasteiger partial charge in [0.25, 0.3) is 0 Å². The normalized spacial score (nSPS) is 22.2. The summed E-state index contributed by atoms with van der Waals surface area (Å²) in [7, 11) is -3.16. The Morgan fingerprint density at radius 3 is 2.10 bits per heavy atom. The lowest BCUT2D eigenvalue weighted by Gasteiger charge is -2.43. The van der Waals surface area contributed by atoms with Crippen LogP contribution in [0, 0.1) is 0 Å². The molecular formula is C22H34N4O3S. The smallest absolute Gasteiger partial charge is 0.236 e. The monoisotopic (exact) mass is 434 g/mol. The fourth-order valence-electron chi connectivity index (χ4n) is 4.57. The standard InChI is InChI=1S/C22H34N4O3S/c1-2-30(28,29)21-8-6-20(7-9-21)24-12-10-23(11-13-24)18-22(27)26-16-14-25(15-17-26)19-4-3-5-19/h6-9,19H,2-5,10-18H2,1H3. The van der Waals surface area contributed by atoms with Crippen molar-refractivity contribution < 1.29 is 13.2 Å². The molecule has 166 valence electrons. The first-order valence-corrected chi connectivity index (χ1v) is 12.9. The summed E-state index contributed by atoms with van der Waals surface area (Å²) >= 11 is 0. The van der Waals surface area contributed by atoms with Gasteiger partial charge in [-0.3, -0.25) is 14.6 Å². The van der Waals surface area contributed by atoms with Crippen molar-refractivity contribution in [2.75, 3.05) is 69.6 Å². The van der Waals surface area contributed by atoms with Gasteiger partial charge in [0.2, 0.25) is 5.91 Å². The molecule has 1 amide bonds. The number of benzene rings is 1. The van der Waals surface area contributed by atoms with Gasteiger partial charge in [0.05, 0.1) is 17.2 Å². The van der Waals surface area contributed by atoms with Gasteiger partial charge in [-0.05, 0) is 37.1 Å². The number of amides is 1. The molecule has 2 saturated heterocycles. The van der Waals surface area contributed by atoms with Crippen molar-refractivity contribution >= 4 is 21.4 Å². The van der Waals surface area contributed by atoms with Crippen LogP contribution >= 0.6 is 0 Å². The van der Waals surface area contributed by atoms with Crippen molar-refractivity contribution in [1.82, 2.24) is 14.7 Å². The molecule has 3 fully saturated rings. The summed E-state index contributed by atoms with van der Waals surface area (Å²) in [6.07, 6.45) is 4.02. The molecule has 1 saturated carbocycles. The number of rotatable bonds is 6. The lowest BCUT2D eigenvalue weighted by Crippen LogP contribution is -2.56. The van der Waals surface area contributed by atoms with E-state index in [-0.39, 0.29) is 11.7 Å². The summed E-state index contributed by atoms with van der Waals surface area (Å²) in [5.74, 6) is 0.375. The van der Waals surface area contributed by atoms with Crippen LogP contribution in [-0.2, 0) is 14.6 Å². The van der Waals surface area contributed by atoms with Gasteiger partial charge in [-0.2, -0.15) is 0 Å². The Morgan fingerprint density at radius 1 is 0.933 bits per heavy atom. The third-order valence-electron chi connectivity index (χ3n) is 6.93. The van der Waals surface area contributed by atoms with Crippen LogP contribution in [0.5, 0.6) is 0 Å². The topological polar surface area (TPSA) is 64.2 Å². The third kappa shape index (κ3) is 4.81. The van der Waals surface area contributed by atoms with Crippen molar-refractivity contribution in [2.24, 2.45) is 0 Å². The number of hydrogen-bond acceptors (Lipinski definition) is 6. The summed E-state index contributed by atoms with van der Waals surface area (Å²) in [5.41, 5.74) is 1.04. The second-order valence-electron chi connectivity index (χ2n) is 8.66. The molecule has 2 heterocycles. The summed E-state index contributed by atoms with van der Waals surface area (Å²) in [4.78, 5) is 22.2. The molecule has 0 N–H and O–H groups in total. The fourth-order valence-corrected chi connectivity index (χ4v) is 5.46. The van der Waals surface area contributed by atoms with E-state index in [0.717, 1.165) is 64.1 Å². The van der Waals surface area contributed by atoms with Gasteiger partial charge >= 0.3 is 0 Å². The highest BCUT2D eigenvalue weighted by Gasteiger charge is 2.30. The molecule has 0 radical (unpaired) electrons. The molecule has 8 heteroatoms. The van der Waals surface area contributed by atoms with Gasteiger partial charge in [0.15, 0.2) is 9.84 Å². The van der Waals surface area contributed by atoms with Gasteiger partial charge in [0, 0.05) is 64.1 Å². The zero-order chi connectivity index (χ0) is 21.1. The van der Waals surface area contributed by atoms with E-state index in [1.165, 1.54) is 19.3 Å². The zero-order valence-electron chi connectivity index (χ0n) is 18.0. The minimum Gasteiger partial charge on any atom is -0.369 e. The van der Waals surface area contributed by atoms with Crippen LogP contribution in [0.4, 0.5) is 5.69 Å². The molecule has 1 aromatic rings. The van der Waals surface area contributed by atoms with Crippen LogP contribution < -0.4 is 4.90 Å². The number of hydrogen-bond donors (Lipinski definition) is 0. The number of sulfone groups is 1. The molecule has 4 rings (SSSR count). The van der Waals surface area contributed by atoms with Crippen molar-refractivity contribution in [2.45, 2.75) is 37.1 Å². The maximum Gasteiger partial charge on any atom is 0.236 e. The van der Waals surface area contributed by atoms with E-state index in [0.29, 0.717) is 11.4 Å². The van der Waals surface area contributed by atoms with Crippen LogP contribution in [0.25, 0.3) is 0 Å². The second-order valence-corrected chi connectivity index (χ2v) is 10.9. The molecule has 1 aliphatic carbocycles. The first-order chi connectivity index (χ1) is 14.5. The van der Waals surface area contributed by atoms with Crippen molar-refractivity contribution in [3.8, 4) is 0 Å². The number of carbonyl (C=O) groups excluding carboxylic acids is 1. The summed E-state index contributed by atoms with van der Waals surface area (Å²) in [6.45, 7) is 9.34. The predicted molar refractivity (Wildman–Crippen MR) is 119 cm³/mol. The molecule has 0 bridgehead atoms.